The molecule has 0 bridgehead atoms. The standard InChI is InChI=1S/C21H22FNO4/c22-17-4-2-6-19(12-17)27-13-14-3-1-5-18(11-14)23-20(24)15-7-9-16(10-8-15)21(25)26/h1-6,11-12,15-16H,7-10,13H2,(H,23,24)(H,25,26). The van der Waals surface area contributed by atoms with Gasteiger partial charge in [0.2, 0.25) is 5.91 Å². The van der Waals surface area contributed by atoms with Crippen LogP contribution >= 0.6 is 0 Å². The van der Waals surface area contributed by atoms with E-state index in [-0.39, 0.29) is 30.2 Å². The van der Waals surface area contributed by atoms with Crippen LogP contribution in [0.2, 0.25) is 0 Å². The molecule has 0 saturated heterocycles. The van der Waals surface area contributed by atoms with E-state index in [0.717, 1.165) is 5.56 Å². The summed E-state index contributed by atoms with van der Waals surface area (Å²) < 4.78 is 18.8. The molecule has 0 atom stereocenters. The van der Waals surface area contributed by atoms with Crippen molar-refractivity contribution in [3.63, 3.8) is 0 Å². The second-order valence-electron chi connectivity index (χ2n) is 6.82. The topological polar surface area (TPSA) is 75.6 Å². The number of amides is 1. The van der Waals surface area contributed by atoms with E-state index in [1.807, 2.05) is 18.2 Å². The molecule has 0 aliphatic heterocycles. The maximum atomic E-state index is 13.2. The van der Waals surface area contributed by atoms with Gasteiger partial charge in [-0.25, -0.2) is 4.39 Å². The van der Waals surface area contributed by atoms with Crippen LogP contribution in [0.3, 0.4) is 0 Å². The van der Waals surface area contributed by atoms with Gasteiger partial charge in [0.1, 0.15) is 18.2 Å². The minimum atomic E-state index is -0.778. The second kappa shape index (κ2) is 8.66. The first-order chi connectivity index (χ1) is 13.0. The van der Waals surface area contributed by atoms with E-state index in [4.69, 9.17) is 9.84 Å². The highest BCUT2D eigenvalue weighted by molar-refractivity contribution is 5.92. The van der Waals surface area contributed by atoms with Crippen molar-refractivity contribution >= 4 is 17.6 Å². The number of rotatable bonds is 6. The SMILES string of the molecule is O=C(O)C1CCC(C(=O)Nc2cccc(COc3cccc(F)c3)c2)CC1. The molecule has 0 heterocycles. The Labute approximate surface area is 157 Å². The smallest absolute Gasteiger partial charge is 0.306 e. The number of carbonyl (C=O) groups excluding carboxylic acids is 1. The lowest BCUT2D eigenvalue weighted by Gasteiger charge is -2.25. The highest BCUT2D eigenvalue weighted by Gasteiger charge is 2.29. The zero-order chi connectivity index (χ0) is 19.2. The molecule has 0 radical (unpaired) electrons. The summed E-state index contributed by atoms with van der Waals surface area (Å²) in [5, 5.41) is 11.9. The van der Waals surface area contributed by atoms with Crippen LogP contribution in [0, 0.1) is 17.7 Å². The zero-order valence-electron chi connectivity index (χ0n) is 14.9. The van der Waals surface area contributed by atoms with E-state index >= 15 is 0 Å². The van der Waals surface area contributed by atoms with Gasteiger partial charge in [0.15, 0.2) is 0 Å². The third-order valence-electron chi connectivity index (χ3n) is 4.84. The largest absolute Gasteiger partial charge is 0.489 e. The lowest BCUT2D eigenvalue weighted by atomic mass is 9.81. The fraction of sp³-hybridized carbons (Fsp3) is 0.333. The van der Waals surface area contributed by atoms with Crippen LogP contribution in [-0.2, 0) is 16.2 Å². The first-order valence-corrected chi connectivity index (χ1v) is 9.02. The van der Waals surface area contributed by atoms with E-state index in [1.54, 1.807) is 18.2 Å². The van der Waals surface area contributed by atoms with Gasteiger partial charge in [0, 0.05) is 17.7 Å². The summed E-state index contributed by atoms with van der Waals surface area (Å²) in [5.41, 5.74) is 1.52. The number of aliphatic carboxylic acids is 1. The summed E-state index contributed by atoms with van der Waals surface area (Å²) in [6, 6.07) is 13.2. The molecule has 1 amide bonds. The number of halogens is 1. The van der Waals surface area contributed by atoms with Gasteiger partial charge in [-0.2, -0.15) is 0 Å². The van der Waals surface area contributed by atoms with Gasteiger partial charge >= 0.3 is 5.97 Å². The minimum absolute atomic E-state index is 0.0814. The molecule has 5 nitrogen and oxygen atoms in total. The van der Waals surface area contributed by atoms with Crippen LogP contribution in [0.1, 0.15) is 31.2 Å². The van der Waals surface area contributed by atoms with Gasteiger partial charge in [0.05, 0.1) is 5.92 Å². The average Bonchev–Trinajstić information content (AvgIpc) is 2.67. The van der Waals surface area contributed by atoms with E-state index in [2.05, 4.69) is 5.32 Å². The number of anilines is 1. The number of carboxylic acids is 1. The van der Waals surface area contributed by atoms with E-state index in [1.165, 1.54) is 12.1 Å². The van der Waals surface area contributed by atoms with E-state index in [0.29, 0.717) is 37.1 Å². The fourth-order valence-corrected chi connectivity index (χ4v) is 3.31. The molecule has 1 saturated carbocycles. The van der Waals surface area contributed by atoms with Crippen LogP contribution in [0.25, 0.3) is 0 Å². The summed E-state index contributed by atoms with van der Waals surface area (Å²) in [5.74, 6) is -1.27. The van der Waals surface area contributed by atoms with Crippen LogP contribution in [0.4, 0.5) is 10.1 Å². The average molecular weight is 371 g/mol. The maximum Gasteiger partial charge on any atom is 0.306 e. The molecule has 2 N–H and O–H groups in total. The summed E-state index contributed by atoms with van der Waals surface area (Å²) >= 11 is 0. The third kappa shape index (κ3) is 5.29. The van der Waals surface area contributed by atoms with Crippen molar-refractivity contribution in [2.75, 3.05) is 5.32 Å². The van der Waals surface area contributed by atoms with Gasteiger partial charge in [-0.15, -0.1) is 0 Å². The Kier molecular flexibility index (Phi) is 6.06. The minimum Gasteiger partial charge on any atom is -0.489 e. The molecular formula is C21H22FNO4. The quantitative estimate of drug-likeness (QED) is 0.797. The molecule has 0 aromatic heterocycles. The van der Waals surface area contributed by atoms with Crippen molar-refractivity contribution < 1.29 is 23.8 Å². The molecule has 2 aromatic carbocycles. The van der Waals surface area contributed by atoms with Crippen molar-refractivity contribution in [3.05, 3.63) is 59.9 Å². The maximum absolute atomic E-state index is 13.2. The Morgan fingerprint density at radius 2 is 1.74 bits per heavy atom. The summed E-state index contributed by atoms with van der Waals surface area (Å²) in [6.45, 7) is 0.261. The normalized spacial score (nSPS) is 19.3. The Morgan fingerprint density at radius 1 is 1.04 bits per heavy atom. The first-order valence-electron chi connectivity index (χ1n) is 9.02. The predicted octanol–water partition coefficient (Wildman–Crippen LogP) is 4.23. The summed E-state index contributed by atoms with van der Waals surface area (Å²) in [6.07, 6.45) is 2.25. The molecule has 27 heavy (non-hydrogen) atoms. The van der Waals surface area contributed by atoms with Gasteiger partial charge in [0.25, 0.3) is 0 Å². The molecule has 1 fully saturated rings. The third-order valence-corrected chi connectivity index (χ3v) is 4.84. The molecular weight excluding hydrogens is 349 g/mol. The Bertz CT molecular complexity index is 815. The van der Waals surface area contributed by atoms with Crippen molar-refractivity contribution in [3.8, 4) is 5.75 Å². The first kappa shape index (κ1) is 18.9. The Balaban J connectivity index is 1.54. The highest BCUT2D eigenvalue weighted by Crippen LogP contribution is 2.30. The number of benzene rings is 2. The van der Waals surface area contributed by atoms with Crippen LogP contribution in [-0.4, -0.2) is 17.0 Å². The highest BCUT2D eigenvalue weighted by atomic mass is 19.1. The van der Waals surface area contributed by atoms with Crippen LogP contribution in [0.15, 0.2) is 48.5 Å². The lowest BCUT2D eigenvalue weighted by molar-refractivity contribution is -0.143. The molecule has 1 aliphatic rings. The predicted molar refractivity (Wildman–Crippen MR) is 98.9 cm³/mol. The van der Waals surface area contributed by atoms with Gasteiger partial charge < -0.3 is 15.2 Å². The fourth-order valence-electron chi connectivity index (χ4n) is 3.31. The number of hydrogen-bond acceptors (Lipinski definition) is 3. The molecule has 3 rings (SSSR count). The lowest BCUT2D eigenvalue weighted by Crippen LogP contribution is -2.29. The molecule has 2 aromatic rings. The van der Waals surface area contributed by atoms with E-state index < -0.39 is 5.97 Å². The van der Waals surface area contributed by atoms with Crippen LogP contribution in [0.5, 0.6) is 5.75 Å². The van der Waals surface area contributed by atoms with E-state index in [9.17, 15) is 14.0 Å². The second-order valence-corrected chi connectivity index (χ2v) is 6.82. The van der Waals surface area contributed by atoms with Gasteiger partial charge in [-0.1, -0.05) is 18.2 Å². The Hall–Kier alpha value is -2.89. The number of carboxylic acid groups (broad SMARTS) is 1. The molecule has 142 valence electrons. The van der Waals surface area contributed by atoms with Crippen molar-refractivity contribution in [1.29, 1.82) is 0 Å². The van der Waals surface area contributed by atoms with Gasteiger partial charge in [-0.3, -0.25) is 9.59 Å². The molecule has 0 spiro atoms. The summed E-state index contributed by atoms with van der Waals surface area (Å²) in [4.78, 5) is 23.4. The van der Waals surface area contributed by atoms with Gasteiger partial charge in [-0.05, 0) is 55.5 Å². The number of carbonyl (C=O) groups is 2. The Morgan fingerprint density at radius 3 is 2.44 bits per heavy atom. The number of nitrogens with one attached hydrogen (secondary N) is 1. The summed E-state index contributed by atoms with van der Waals surface area (Å²) in [7, 11) is 0. The van der Waals surface area contributed by atoms with Crippen LogP contribution < -0.4 is 10.1 Å². The zero-order valence-corrected chi connectivity index (χ0v) is 14.9. The molecule has 0 unspecified atom stereocenters. The monoisotopic (exact) mass is 371 g/mol. The van der Waals surface area contributed by atoms with Crippen molar-refractivity contribution in [1.82, 2.24) is 0 Å². The van der Waals surface area contributed by atoms with Crippen molar-refractivity contribution in [2.24, 2.45) is 11.8 Å². The van der Waals surface area contributed by atoms with Crippen molar-refractivity contribution in [2.45, 2.75) is 32.3 Å². The molecule has 6 heteroatoms. The molecule has 1 aliphatic carbocycles. The number of ether oxygens (including phenoxy) is 1. The number of hydrogen-bond donors (Lipinski definition) is 2.